The van der Waals surface area contributed by atoms with Crippen molar-refractivity contribution in [2.24, 2.45) is 0 Å². The molecule has 0 unspecified atom stereocenters. The first-order chi connectivity index (χ1) is 13.1. The zero-order valence-corrected chi connectivity index (χ0v) is 15.9. The van der Waals surface area contributed by atoms with Crippen LogP contribution in [0.25, 0.3) is 0 Å². The normalized spacial score (nSPS) is 20.1. The highest BCUT2D eigenvalue weighted by atomic mass is 16.5. The first kappa shape index (κ1) is 19.6. The van der Waals surface area contributed by atoms with Crippen molar-refractivity contribution in [3.63, 3.8) is 0 Å². The zero-order chi connectivity index (χ0) is 19.1. The van der Waals surface area contributed by atoms with Crippen LogP contribution in [-0.2, 0) is 15.1 Å². The van der Waals surface area contributed by atoms with Gasteiger partial charge in [-0.05, 0) is 44.5 Å². The highest BCUT2D eigenvalue weighted by molar-refractivity contribution is 5.76. The van der Waals surface area contributed by atoms with Gasteiger partial charge in [0.1, 0.15) is 0 Å². The number of rotatable bonds is 5. The van der Waals surface area contributed by atoms with Crippen molar-refractivity contribution in [3.05, 3.63) is 30.1 Å². The number of amides is 2. The standard InChI is InChI=1S/C19H29N5O3/c1-2-27-17(25)15-23-10-12-24(13-11-23)18(26)22-19(5-8-20-9-6-19)16-4-3-7-21-14-16/h3-4,7,14,20H,2,5-6,8-13,15H2,1H3,(H,22,26). The third-order valence-electron chi connectivity index (χ3n) is 5.33. The Hall–Kier alpha value is -2.19. The van der Waals surface area contributed by atoms with Crippen LogP contribution in [0.15, 0.2) is 24.5 Å². The molecule has 27 heavy (non-hydrogen) atoms. The van der Waals surface area contributed by atoms with E-state index < -0.39 is 0 Å². The lowest BCUT2D eigenvalue weighted by Crippen LogP contribution is -2.58. The van der Waals surface area contributed by atoms with Gasteiger partial charge < -0.3 is 20.3 Å². The number of urea groups is 1. The Morgan fingerprint density at radius 1 is 1.26 bits per heavy atom. The Kier molecular flexibility index (Phi) is 6.63. The van der Waals surface area contributed by atoms with E-state index in [-0.39, 0.29) is 24.1 Å². The molecule has 148 valence electrons. The molecule has 0 radical (unpaired) electrons. The summed E-state index contributed by atoms with van der Waals surface area (Å²) in [6.07, 6.45) is 5.28. The van der Waals surface area contributed by atoms with Gasteiger partial charge >= 0.3 is 12.0 Å². The minimum atomic E-state index is -0.376. The molecular weight excluding hydrogens is 346 g/mol. The smallest absolute Gasteiger partial charge is 0.320 e. The average molecular weight is 375 g/mol. The summed E-state index contributed by atoms with van der Waals surface area (Å²) >= 11 is 0. The van der Waals surface area contributed by atoms with E-state index in [0.29, 0.717) is 32.8 Å². The van der Waals surface area contributed by atoms with Gasteiger partial charge in [0.15, 0.2) is 0 Å². The number of piperazine rings is 1. The Balaban J connectivity index is 1.58. The fraction of sp³-hybridized carbons (Fsp3) is 0.632. The van der Waals surface area contributed by atoms with Crippen LogP contribution in [0.3, 0.4) is 0 Å². The van der Waals surface area contributed by atoms with E-state index in [1.165, 1.54) is 0 Å². The third-order valence-corrected chi connectivity index (χ3v) is 5.33. The molecule has 0 aromatic carbocycles. The van der Waals surface area contributed by atoms with Gasteiger partial charge in [-0.1, -0.05) is 6.07 Å². The summed E-state index contributed by atoms with van der Waals surface area (Å²) in [6.45, 7) is 6.77. The zero-order valence-electron chi connectivity index (χ0n) is 15.9. The van der Waals surface area contributed by atoms with Crippen molar-refractivity contribution >= 4 is 12.0 Å². The minimum Gasteiger partial charge on any atom is -0.465 e. The maximum atomic E-state index is 12.9. The average Bonchev–Trinajstić information content (AvgIpc) is 2.70. The Labute approximate surface area is 160 Å². The fourth-order valence-corrected chi connectivity index (χ4v) is 3.77. The minimum absolute atomic E-state index is 0.0449. The van der Waals surface area contributed by atoms with E-state index in [1.54, 1.807) is 13.1 Å². The fourth-order valence-electron chi connectivity index (χ4n) is 3.77. The highest BCUT2D eigenvalue weighted by Crippen LogP contribution is 2.30. The summed E-state index contributed by atoms with van der Waals surface area (Å²) in [7, 11) is 0. The number of aromatic nitrogens is 1. The molecule has 0 spiro atoms. The summed E-state index contributed by atoms with van der Waals surface area (Å²) < 4.78 is 5.00. The maximum Gasteiger partial charge on any atom is 0.320 e. The van der Waals surface area contributed by atoms with Crippen LogP contribution in [0, 0.1) is 0 Å². The predicted octanol–water partition coefficient (Wildman–Crippen LogP) is 0.551. The third kappa shape index (κ3) is 4.95. The number of pyridine rings is 1. The number of piperidine rings is 1. The van der Waals surface area contributed by atoms with Crippen LogP contribution in [0.1, 0.15) is 25.3 Å². The maximum absolute atomic E-state index is 12.9. The van der Waals surface area contributed by atoms with E-state index in [2.05, 4.69) is 15.6 Å². The van der Waals surface area contributed by atoms with Crippen molar-refractivity contribution < 1.29 is 14.3 Å². The van der Waals surface area contributed by atoms with Gasteiger partial charge in [0.05, 0.1) is 18.7 Å². The van der Waals surface area contributed by atoms with Crippen molar-refractivity contribution in [1.29, 1.82) is 0 Å². The first-order valence-corrected chi connectivity index (χ1v) is 9.69. The molecule has 0 saturated carbocycles. The molecule has 3 rings (SSSR count). The number of ether oxygens (including phenoxy) is 1. The van der Waals surface area contributed by atoms with E-state index >= 15 is 0 Å². The van der Waals surface area contributed by atoms with E-state index in [9.17, 15) is 9.59 Å². The number of nitrogens with zero attached hydrogens (tertiary/aromatic N) is 3. The molecule has 1 aromatic heterocycles. The Bertz CT molecular complexity index is 625. The summed E-state index contributed by atoms with van der Waals surface area (Å²) in [5.41, 5.74) is 0.680. The summed E-state index contributed by atoms with van der Waals surface area (Å²) in [5, 5.41) is 6.65. The molecule has 8 heteroatoms. The lowest BCUT2D eigenvalue weighted by atomic mass is 9.82. The number of hydrogen-bond acceptors (Lipinski definition) is 6. The van der Waals surface area contributed by atoms with Crippen molar-refractivity contribution in [1.82, 2.24) is 25.4 Å². The second-order valence-corrected chi connectivity index (χ2v) is 7.07. The van der Waals surface area contributed by atoms with Crippen molar-refractivity contribution in [2.45, 2.75) is 25.3 Å². The van der Waals surface area contributed by atoms with Crippen molar-refractivity contribution in [2.75, 3.05) is 52.4 Å². The first-order valence-electron chi connectivity index (χ1n) is 9.69. The Morgan fingerprint density at radius 2 is 2.00 bits per heavy atom. The molecule has 2 saturated heterocycles. The number of hydrogen-bond donors (Lipinski definition) is 2. The molecule has 2 aliphatic heterocycles. The van der Waals surface area contributed by atoms with Gasteiger partial charge in [0.2, 0.25) is 0 Å². The van der Waals surface area contributed by atoms with Gasteiger partial charge in [0, 0.05) is 38.6 Å². The quantitative estimate of drug-likeness (QED) is 0.731. The highest BCUT2D eigenvalue weighted by Gasteiger charge is 2.37. The SMILES string of the molecule is CCOC(=O)CN1CCN(C(=O)NC2(c3cccnc3)CCNCC2)CC1. The van der Waals surface area contributed by atoms with Gasteiger partial charge in [-0.15, -0.1) is 0 Å². The molecule has 1 aromatic rings. The summed E-state index contributed by atoms with van der Waals surface area (Å²) in [6, 6.07) is 3.91. The van der Waals surface area contributed by atoms with Gasteiger partial charge in [-0.3, -0.25) is 14.7 Å². The van der Waals surface area contributed by atoms with Crippen LogP contribution in [0.4, 0.5) is 4.79 Å². The number of carbonyl (C=O) groups is 2. The second kappa shape index (κ2) is 9.14. The van der Waals surface area contributed by atoms with E-state index in [4.69, 9.17) is 4.74 Å². The molecule has 0 atom stereocenters. The topological polar surface area (TPSA) is 86.8 Å². The molecule has 0 bridgehead atoms. The molecule has 2 N–H and O–H groups in total. The second-order valence-electron chi connectivity index (χ2n) is 7.07. The monoisotopic (exact) mass is 375 g/mol. The summed E-state index contributed by atoms with van der Waals surface area (Å²) in [4.78, 5) is 32.7. The van der Waals surface area contributed by atoms with Crippen molar-refractivity contribution in [3.8, 4) is 0 Å². The molecular formula is C19H29N5O3. The predicted molar refractivity (Wildman–Crippen MR) is 101 cm³/mol. The Morgan fingerprint density at radius 3 is 2.63 bits per heavy atom. The summed E-state index contributed by atoms with van der Waals surface area (Å²) in [5.74, 6) is -0.208. The van der Waals surface area contributed by atoms with Gasteiger partial charge in [-0.25, -0.2) is 4.79 Å². The van der Waals surface area contributed by atoms with Gasteiger partial charge in [-0.2, -0.15) is 0 Å². The van der Waals surface area contributed by atoms with Crippen LogP contribution in [0.2, 0.25) is 0 Å². The van der Waals surface area contributed by atoms with Crippen LogP contribution >= 0.6 is 0 Å². The molecule has 2 fully saturated rings. The molecule has 2 aliphatic rings. The number of carbonyl (C=O) groups excluding carboxylic acids is 2. The molecule has 0 aliphatic carbocycles. The van der Waals surface area contributed by atoms with Gasteiger partial charge in [0.25, 0.3) is 0 Å². The molecule has 2 amide bonds. The molecule has 8 nitrogen and oxygen atoms in total. The van der Waals surface area contributed by atoms with E-state index in [1.807, 2.05) is 28.1 Å². The lowest BCUT2D eigenvalue weighted by molar-refractivity contribution is -0.144. The molecule has 3 heterocycles. The van der Waals surface area contributed by atoms with Crippen LogP contribution in [-0.4, -0.2) is 79.2 Å². The van der Waals surface area contributed by atoms with Crippen LogP contribution < -0.4 is 10.6 Å². The van der Waals surface area contributed by atoms with E-state index in [0.717, 1.165) is 31.5 Å². The largest absolute Gasteiger partial charge is 0.465 e. The van der Waals surface area contributed by atoms with Crippen LogP contribution in [0.5, 0.6) is 0 Å². The number of nitrogens with one attached hydrogen (secondary N) is 2. The number of esters is 1. The lowest BCUT2D eigenvalue weighted by Gasteiger charge is -2.41.